The number of amides is 3. The topological polar surface area (TPSA) is 106 Å². The number of anilines is 1. The molecule has 1 fully saturated rings. The van der Waals surface area contributed by atoms with Gasteiger partial charge in [0.2, 0.25) is 11.8 Å². The first-order valence-corrected chi connectivity index (χ1v) is 9.48. The van der Waals surface area contributed by atoms with E-state index >= 15 is 0 Å². The molecule has 3 amide bonds. The van der Waals surface area contributed by atoms with Gasteiger partial charge in [-0.15, -0.1) is 0 Å². The molecule has 1 aliphatic rings. The zero-order valence-corrected chi connectivity index (χ0v) is 16.2. The van der Waals surface area contributed by atoms with Crippen LogP contribution < -0.4 is 11.1 Å². The number of primary amides is 1. The van der Waals surface area contributed by atoms with Gasteiger partial charge in [0, 0.05) is 12.2 Å². The van der Waals surface area contributed by atoms with Crippen molar-refractivity contribution in [3.63, 3.8) is 0 Å². The molecule has 2 aromatic rings. The van der Waals surface area contributed by atoms with Crippen LogP contribution in [0.1, 0.15) is 35.4 Å². The van der Waals surface area contributed by atoms with Crippen LogP contribution in [0.5, 0.6) is 0 Å². The van der Waals surface area contributed by atoms with Crippen LogP contribution in [-0.4, -0.2) is 35.2 Å². The molecule has 7 nitrogen and oxygen atoms in total. The lowest BCUT2D eigenvalue weighted by atomic mass is 10.0. The van der Waals surface area contributed by atoms with Gasteiger partial charge in [-0.1, -0.05) is 12.1 Å². The second-order valence-corrected chi connectivity index (χ2v) is 7.21. The van der Waals surface area contributed by atoms with Gasteiger partial charge in [-0.25, -0.2) is 0 Å². The summed E-state index contributed by atoms with van der Waals surface area (Å²) in [6, 6.07) is 9.69. The van der Waals surface area contributed by atoms with Gasteiger partial charge >= 0.3 is 0 Å². The zero-order chi connectivity index (χ0) is 19.4. The minimum absolute atomic E-state index is 0.115. The molecule has 1 atom stereocenters. The lowest BCUT2D eigenvalue weighted by Crippen LogP contribution is -2.50. The molecule has 1 unspecified atom stereocenters. The molecule has 1 saturated heterocycles. The fourth-order valence-electron chi connectivity index (χ4n) is 3.14. The number of hydrogen-bond acceptors (Lipinski definition) is 4. The van der Waals surface area contributed by atoms with Gasteiger partial charge in [-0.05, 0) is 65.0 Å². The third kappa shape index (κ3) is 4.77. The van der Waals surface area contributed by atoms with Crippen LogP contribution in [0, 0.1) is 0 Å². The van der Waals surface area contributed by atoms with Crippen LogP contribution in [0.2, 0.25) is 0 Å². The Morgan fingerprint density at radius 1 is 1.15 bits per heavy atom. The highest BCUT2D eigenvalue weighted by Gasteiger charge is 2.30. The third-order valence-electron chi connectivity index (χ3n) is 4.52. The van der Waals surface area contributed by atoms with E-state index < -0.39 is 11.9 Å². The molecule has 0 spiro atoms. The van der Waals surface area contributed by atoms with Crippen molar-refractivity contribution in [3.8, 4) is 0 Å². The van der Waals surface area contributed by atoms with E-state index in [1.54, 1.807) is 41.3 Å². The number of nitrogens with one attached hydrogen (secondary N) is 1. The van der Waals surface area contributed by atoms with E-state index in [2.05, 4.69) is 21.2 Å². The number of carbonyl (C=O) groups is 3. The minimum Gasteiger partial charge on any atom is -0.444 e. The first-order valence-electron chi connectivity index (χ1n) is 8.68. The molecule has 3 N–H and O–H groups in total. The molecule has 0 radical (unpaired) electrons. The van der Waals surface area contributed by atoms with E-state index in [1.165, 1.54) is 0 Å². The van der Waals surface area contributed by atoms with Gasteiger partial charge in [-0.3, -0.25) is 14.4 Å². The van der Waals surface area contributed by atoms with Crippen LogP contribution >= 0.6 is 15.9 Å². The van der Waals surface area contributed by atoms with E-state index in [9.17, 15) is 14.4 Å². The molecule has 0 aliphatic carbocycles. The predicted molar refractivity (Wildman–Crippen MR) is 103 cm³/mol. The summed E-state index contributed by atoms with van der Waals surface area (Å²) in [5.41, 5.74) is 6.81. The number of piperidine rings is 1. The number of hydrogen-bond donors (Lipinski definition) is 2. The fourth-order valence-corrected chi connectivity index (χ4v) is 3.44. The summed E-state index contributed by atoms with van der Waals surface area (Å²) in [5.74, 6) is -0.729. The maximum absolute atomic E-state index is 12.6. The summed E-state index contributed by atoms with van der Waals surface area (Å²) in [6.45, 7) is 0.555. The van der Waals surface area contributed by atoms with E-state index in [1.807, 2.05) is 0 Å². The predicted octanol–water partition coefficient (Wildman–Crippen LogP) is 2.70. The number of furan rings is 1. The van der Waals surface area contributed by atoms with E-state index in [0.717, 1.165) is 18.4 Å². The second kappa shape index (κ2) is 8.39. The maximum Gasteiger partial charge on any atom is 0.291 e. The quantitative estimate of drug-likeness (QED) is 0.755. The lowest BCUT2D eigenvalue weighted by Gasteiger charge is -2.33. The first kappa shape index (κ1) is 19.2. The van der Waals surface area contributed by atoms with Gasteiger partial charge in [0.1, 0.15) is 6.04 Å². The molecule has 0 saturated carbocycles. The van der Waals surface area contributed by atoms with Crippen molar-refractivity contribution in [2.45, 2.75) is 31.7 Å². The Hall–Kier alpha value is -2.61. The average Bonchev–Trinajstić information content (AvgIpc) is 3.10. The Bertz CT molecular complexity index is 847. The Balaban J connectivity index is 1.60. The van der Waals surface area contributed by atoms with Crippen molar-refractivity contribution >= 4 is 39.3 Å². The molecule has 1 aromatic heterocycles. The van der Waals surface area contributed by atoms with Crippen molar-refractivity contribution in [1.29, 1.82) is 0 Å². The Kier molecular flexibility index (Phi) is 5.95. The summed E-state index contributed by atoms with van der Waals surface area (Å²) in [5, 5.41) is 2.73. The summed E-state index contributed by atoms with van der Waals surface area (Å²) >= 11 is 3.15. The molecular formula is C19H20BrN3O4. The summed E-state index contributed by atoms with van der Waals surface area (Å²) < 4.78 is 5.69. The summed E-state index contributed by atoms with van der Waals surface area (Å²) in [7, 11) is 0. The molecule has 8 heteroatoms. The molecule has 1 aromatic carbocycles. The number of nitrogens with two attached hydrogens (primary N) is 1. The fraction of sp³-hybridized carbons (Fsp3) is 0.316. The average molecular weight is 434 g/mol. The SMILES string of the molecule is NC(=O)C1CCCCN1C(=O)Cc1ccc(NC(=O)c2ccc(Br)o2)cc1. The standard InChI is InChI=1S/C19H20BrN3O4/c20-16-9-8-15(27-16)19(26)22-13-6-4-12(5-7-13)11-17(24)23-10-2-1-3-14(23)18(21)25/h4-9,14H,1-3,10-11H2,(H2,21,25)(H,22,26). The van der Waals surface area contributed by atoms with Gasteiger partial charge in [0.05, 0.1) is 6.42 Å². The molecule has 142 valence electrons. The van der Waals surface area contributed by atoms with Gasteiger partial charge < -0.3 is 20.4 Å². The zero-order valence-electron chi connectivity index (χ0n) is 14.6. The van der Waals surface area contributed by atoms with Crippen LogP contribution in [-0.2, 0) is 16.0 Å². The minimum atomic E-state index is -0.516. The number of nitrogens with zero attached hydrogens (tertiary/aromatic N) is 1. The second-order valence-electron chi connectivity index (χ2n) is 6.43. The number of rotatable bonds is 5. The lowest BCUT2D eigenvalue weighted by molar-refractivity contribution is -0.140. The van der Waals surface area contributed by atoms with Crippen molar-refractivity contribution in [2.24, 2.45) is 5.73 Å². The van der Waals surface area contributed by atoms with E-state index in [4.69, 9.17) is 10.2 Å². The molecule has 0 bridgehead atoms. The number of benzene rings is 1. The summed E-state index contributed by atoms with van der Waals surface area (Å²) in [6.07, 6.45) is 2.58. The molecular weight excluding hydrogens is 414 g/mol. The van der Waals surface area contributed by atoms with Crippen LogP contribution in [0.3, 0.4) is 0 Å². The normalized spacial score (nSPS) is 16.8. The number of likely N-dealkylation sites (tertiary alicyclic amines) is 1. The highest BCUT2D eigenvalue weighted by Crippen LogP contribution is 2.20. The maximum atomic E-state index is 12.6. The highest BCUT2D eigenvalue weighted by atomic mass is 79.9. The van der Waals surface area contributed by atoms with E-state index in [0.29, 0.717) is 23.3 Å². The van der Waals surface area contributed by atoms with E-state index in [-0.39, 0.29) is 24.0 Å². The van der Waals surface area contributed by atoms with Crippen molar-refractivity contribution in [2.75, 3.05) is 11.9 Å². The molecule has 27 heavy (non-hydrogen) atoms. The Morgan fingerprint density at radius 2 is 1.89 bits per heavy atom. The largest absolute Gasteiger partial charge is 0.444 e. The number of carbonyl (C=O) groups excluding carboxylic acids is 3. The Morgan fingerprint density at radius 3 is 2.52 bits per heavy atom. The molecule has 2 heterocycles. The smallest absolute Gasteiger partial charge is 0.291 e. The van der Waals surface area contributed by atoms with Gasteiger partial charge in [-0.2, -0.15) is 0 Å². The van der Waals surface area contributed by atoms with Crippen LogP contribution in [0.25, 0.3) is 0 Å². The van der Waals surface area contributed by atoms with Gasteiger partial charge in [0.15, 0.2) is 10.4 Å². The molecule has 3 rings (SSSR count). The highest BCUT2D eigenvalue weighted by molar-refractivity contribution is 9.10. The molecule has 1 aliphatic heterocycles. The first-order chi connectivity index (χ1) is 12.9. The summed E-state index contributed by atoms with van der Waals surface area (Å²) in [4.78, 5) is 37.8. The van der Waals surface area contributed by atoms with Crippen LogP contribution in [0.15, 0.2) is 45.5 Å². The van der Waals surface area contributed by atoms with Crippen molar-refractivity contribution in [1.82, 2.24) is 4.90 Å². The van der Waals surface area contributed by atoms with Crippen LogP contribution in [0.4, 0.5) is 5.69 Å². The number of halogens is 1. The van der Waals surface area contributed by atoms with Crippen molar-refractivity contribution < 1.29 is 18.8 Å². The third-order valence-corrected chi connectivity index (χ3v) is 4.94. The Labute approximate surface area is 165 Å². The van der Waals surface area contributed by atoms with Gasteiger partial charge in [0.25, 0.3) is 5.91 Å². The van der Waals surface area contributed by atoms with Crippen molar-refractivity contribution in [3.05, 3.63) is 52.4 Å². The monoisotopic (exact) mass is 433 g/mol.